The highest BCUT2D eigenvalue weighted by Gasteiger charge is 2.39. The van der Waals surface area contributed by atoms with E-state index in [0.29, 0.717) is 0 Å². The Labute approximate surface area is 151 Å². The zero-order valence-electron chi connectivity index (χ0n) is 13.6. The van der Waals surface area contributed by atoms with E-state index in [1.807, 2.05) is 0 Å². The van der Waals surface area contributed by atoms with Crippen LogP contribution in [0.2, 0.25) is 0 Å². The van der Waals surface area contributed by atoms with Crippen LogP contribution in [0.1, 0.15) is 6.42 Å². The van der Waals surface area contributed by atoms with Gasteiger partial charge in [-0.1, -0.05) is 24.3 Å². The molecule has 26 heavy (non-hydrogen) atoms. The highest BCUT2D eigenvalue weighted by molar-refractivity contribution is 7.92. The summed E-state index contributed by atoms with van der Waals surface area (Å²) in [7, 11) is -7.66. The molecule has 0 aliphatic carbocycles. The Balaban J connectivity index is 1.86. The molecule has 0 N–H and O–H groups in total. The fourth-order valence-corrected chi connectivity index (χ4v) is 6.23. The van der Waals surface area contributed by atoms with E-state index in [1.54, 1.807) is 18.2 Å². The smallest absolute Gasteiger partial charge is 0.258 e. The van der Waals surface area contributed by atoms with Crippen molar-refractivity contribution in [1.82, 2.24) is 4.31 Å². The molecule has 8 nitrogen and oxygen atoms in total. The number of benzene rings is 2. The Morgan fingerprint density at radius 1 is 0.962 bits per heavy atom. The zero-order chi connectivity index (χ0) is 18.9. The number of rotatable bonds is 5. The van der Waals surface area contributed by atoms with Gasteiger partial charge in [-0.2, -0.15) is 4.31 Å². The maximum atomic E-state index is 12.7. The van der Waals surface area contributed by atoms with Gasteiger partial charge in [-0.25, -0.2) is 16.8 Å². The number of nitro benzene ring substituents is 1. The lowest BCUT2D eigenvalue weighted by Crippen LogP contribution is -2.32. The Bertz CT molecular complexity index is 1040. The molecule has 0 amide bonds. The monoisotopic (exact) mass is 396 g/mol. The van der Waals surface area contributed by atoms with Gasteiger partial charge in [0.05, 0.1) is 20.0 Å². The molecule has 138 valence electrons. The standard InChI is InChI=1S/C16H16N2O6S2/c19-18(20)13-5-4-8-15(11-13)26(23,24)17-10-9-16(12-17)25(21,22)14-6-2-1-3-7-14/h1-8,11,16H,9-10,12H2. The van der Waals surface area contributed by atoms with Gasteiger partial charge in [-0.3, -0.25) is 10.1 Å². The van der Waals surface area contributed by atoms with Crippen molar-refractivity contribution >= 4 is 25.5 Å². The molecule has 2 aromatic carbocycles. The van der Waals surface area contributed by atoms with Gasteiger partial charge in [0.2, 0.25) is 10.0 Å². The minimum absolute atomic E-state index is 0.0434. The quantitative estimate of drug-likeness (QED) is 0.562. The Morgan fingerprint density at radius 3 is 2.27 bits per heavy atom. The number of hydrogen-bond acceptors (Lipinski definition) is 6. The lowest BCUT2D eigenvalue weighted by atomic mass is 10.3. The van der Waals surface area contributed by atoms with Crippen LogP contribution >= 0.6 is 0 Å². The molecule has 1 aliphatic rings. The Hall–Kier alpha value is -2.30. The predicted octanol–water partition coefficient (Wildman–Crippen LogP) is 1.83. The fraction of sp³-hybridized carbons (Fsp3) is 0.250. The first-order chi connectivity index (χ1) is 12.2. The van der Waals surface area contributed by atoms with Crippen molar-refractivity contribution in [3.05, 3.63) is 64.7 Å². The molecule has 0 saturated carbocycles. The van der Waals surface area contributed by atoms with Crippen molar-refractivity contribution in [2.24, 2.45) is 0 Å². The van der Waals surface area contributed by atoms with Crippen LogP contribution in [-0.2, 0) is 19.9 Å². The molecule has 0 bridgehead atoms. The summed E-state index contributed by atoms with van der Waals surface area (Å²) in [5.74, 6) is 0. The summed E-state index contributed by atoms with van der Waals surface area (Å²) in [6.45, 7) is -0.135. The molecular formula is C16H16N2O6S2. The molecule has 1 aliphatic heterocycles. The van der Waals surface area contributed by atoms with E-state index in [-0.39, 0.29) is 35.0 Å². The third-order valence-electron chi connectivity index (χ3n) is 4.28. The number of sulfone groups is 1. The topological polar surface area (TPSA) is 115 Å². The first kappa shape index (κ1) is 18.5. The molecule has 1 atom stereocenters. The van der Waals surface area contributed by atoms with Crippen molar-refractivity contribution in [3.63, 3.8) is 0 Å². The first-order valence-electron chi connectivity index (χ1n) is 7.76. The highest BCUT2D eigenvalue weighted by Crippen LogP contribution is 2.29. The maximum absolute atomic E-state index is 12.7. The molecule has 1 heterocycles. The van der Waals surface area contributed by atoms with Crippen LogP contribution in [0.4, 0.5) is 5.69 Å². The molecule has 10 heteroatoms. The lowest BCUT2D eigenvalue weighted by molar-refractivity contribution is -0.385. The van der Waals surface area contributed by atoms with E-state index in [0.717, 1.165) is 10.4 Å². The summed E-state index contributed by atoms with van der Waals surface area (Å²) in [4.78, 5) is 10.1. The summed E-state index contributed by atoms with van der Waals surface area (Å²) >= 11 is 0. The second kappa shape index (κ2) is 6.78. The minimum atomic E-state index is -4.01. The van der Waals surface area contributed by atoms with Crippen LogP contribution in [0.15, 0.2) is 64.4 Å². The molecule has 1 fully saturated rings. The van der Waals surface area contributed by atoms with Gasteiger partial charge in [0.25, 0.3) is 5.69 Å². The van der Waals surface area contributed by atoms with E-state index in [1.165, 1.54) is 30.3 Å². The van der Waals surface area contributed by atoms with E-state index in [9.17, 15) is 26.9 Å². The summed E-state index contributed by atoms with van der Waals surface area (Å²) in [6.07, 6.45) is 0.172. The molecule has 1 unspecified atom stereocenters. The third kappa shape index (κ3) is 3.35. The summed E-state index contributed by atoms with van der Waals surface area (Å²) in [5, 5.41) is 10.0. The normalized spacial score (nSPS) is 18.7. The maximum Gasteiger partial charge on any atom is 0.270 e. The van der Waals surface area contributed by atoms with Crippen LogP contribution in [0.25, 0.3) is 0 Å². The molecule has 1 saturated heterocycles. The fourth-order valence-electron chi connectivity index (χ4n) is 2.88. The van der Waals surface area contributed by atoms with Crippen molar-refractivity contribution in [2.45, 2.75) is 21.5 Å². The highest BCUT2D eigenvalue weighted by atomic mass is 32.2. The zero-order valence-corrected chi connectivity index (χ0v) is 15.2. The van der Waals surface area contributed by atoms with Gasteiger partial charge in [0.15, 0.2) is 9.84 Å². The Kier molecular flexibility index (Phi) is 4.82. The third-order valence-corrected chi connectivity index (χ3v) is 8.34. The number of non-ortho nitro benzene ring substituents is 1. The van der Waals surface area contributed by atoms with Crippen LogP contribution in [0.5, 0.6) is 0 Å². The van der Waals surface area contributed by atoms with Crippen LogP contribution in [0, 0.1) is 10.1 Å². The van der Waals surface area contributed by atoms with E-state index >= 15 is 0 Å². The molecule has 2 aromatic rings. The first-order valence-corrected chi connectivity index (χ1v) is 10.7. The number of hydrogen-bond donors (Lipinski definition) is 0. The van der Waals surface area contributed by atoms with E-state index in [4.69, 9.17) is 0 Å². The van der Waals surface area contributed by atoms with Gasteiger partial charge < -0.3 is 0 Å². The lowest BCUT2D eigenvalue weighted by Gasteiger charge is -2.17. The number of sulfonamides is 1. The van der Waals surface area contributed by atoms with Crippen molar-refractivity contribution < 1.29 is 21.8 Å². The minimum Gasteiger partial charge on any atom is -0.258 e. The summed E-state index contributed by atoms with van der Waals surface area (Å²) in [6, 6.07) is 12.6. The molecule has 3 rings (SSSR count). The van der Waals surface area contributed by atoms with Crippen LogP contribution in [-0.4, -0.2) is 44.4 Å². The van der Waals surface area contributed by atoms with Crippen LogP contribution < -0.4 is 0 Å². The van der Waals surface area contributed by atoms with Crippen molar-refractivity contribution in [2.75, 3.05) is 13.1 Å². The summed E-state index contributed by atoms with van der Waals surface area (Å²) < 4.78 is 51.9. The molecule has 0 radical (unpaired) electrons. The van der Waals surface area contributed by atoms with Crippen LogP contribution in [0.3, 0.4) is 0 Å². The SMILES string of the molecule is O=[N+]([O-])c1cccc(S(=O)(=O)N2CCC(S(=O)(=O)c3ccccc3)C2)c1. The Morgan fingerprint density at radius 2 is 1.62 bits per heavy atom. The predicted molar refractivity (Wildman–Crippen MR) is 93.9 cm³/mol. The second-order valence-electron chi connectivity index (χ2n) is 5.89. The van der Waals surface area contributed by atoms with Gasteiger partial charge in [0, 0.05) is 25.2 Å². The number of nitrogens with zero attached hydrogens (tertiary/aromatic N) is 2. The average Bonchev–Trinajstić information content (AvgIpc) is 3.14. The van der Waals surface area contributed by atoms with E-state index < -0.39 is 30.0 Å². The van der Waals surface area contributed by atoms with Gasteiger partial charge in [-0.05, 0) is 24.6 Å². The largest absolute Gasteiger partial charge is 0.270 e. The molecular weight excluding hydrogens is 380 g/mol. The van der Waals surface area contributed by atoms with E-state index in [2.05, 4.69) is 0 Å². The summed E-state index contributed by atoms with van der Waals surface area (Å²) in [5.41, 5.74) is -0.335. The second-order valence-corrected chi connectivity index (χ2v) is 10.1. The van der Waals surface area contributed by atoms with Crippen molar-refractivity contribution in [3.8, 4) is 0 Å². The molecule has 0 aromatic heterocycles. The van der Waals surface area contributed by atoms with Gasteiger partial charge >= 0.3 is 0 Å². The van der Waals surface area contributed by atoms with Gasteiger partial charge in [-0.15, -0.1) is 0 Å². The van der Waals surface area contributed by atoms with Crippen molar-refractivity contribution in [1.29, 1.82) is 0 Å². The average molecular weight is 396 g/mol. The molecule has 0 spiro atoms. The number of nitro groups is 1. The van der Waals surface area contributed by atoms with Gasteiger partial charge in [0.1, 0.15) is 0 Å².